The standard InChI is InChI=1S/C38H45N9O5/c1-36(2,3)29-22-30(41-32(40-29)33(49)39-16-17-46-18-20-51-21-19-46)42-35(50)43-38(24-48)15-12-28(26-8-5-6-9-27(26)38)52-25-10-11-31-44-45-34(47(31)23-25)37(4)13-7-14-37/h5-6,8-12,15,22-24,28H,7,13-14,16-21H2,1-4H3,(H,39,49)(H2,40,41,42,43,50)/t28-,38-/m1/s1. The van der Waals surface area contributed by atoms with Crippen molar-refractivity contribution in [2.24, 2.45) is 0 Å². The number of nitrogens with one attached hydrogen (secondary N) is 3. The van der Waals surface area contributed by atoms with E-state index in [-0.39, 0.29) is 17.1 Å². The molecular formula is C38H45N9O5. The summed E-state index contributed by atoms with van der Waals surface area (Å²) >= 11 is 0. The van der Waals surface area contributed by atoms with Gasteiger partial charge in [0.05, 0.1) is 25.1 Å². The number of amides is 3. The number of morpholine rings is 1. The largest absolute Gasteiger partial charge is 0.480 e. The molecule has 14 heteroatoms. The van der Waals surface area contributed by atoms with E-state index in [2.05, 4.69) is 47.9 Å². The summed E-state index contributed by atoms with van der Waals surface area (Å²) in [6, 6.07) is 12.0. The van der Waals surface area contributed by atoms with E-state index in [0.29, 0.717) is 49.6 Å². The first-order chi connectivity index (χ1) is 25.0. The molecule has 1 saturated heterocycles. The van der Waals surface area contributed by atoms with Crippen molar-refractivity contribution in [2.75, 3.05) is 44.7 Å². The van der Waals surface area contributed by atoms with E-state index in [4.69, 9.17) is 9.47 Å². The van der Waals surface area contributed by atoms with Gasteiger partial charge in [-0.25, -0.2) is 14.8 Å². The number of hydrogen-bond donors (Lipinski definition) is 3. The Morgan fingerprint density at radius 3 is 2.60 bits per heavy atom. The molecule has 4 heterocycles. The van der Waals surface area contributed by atoms with Gasteiger partial charge < -0.3 is 20.1 Å². The second-order valence-corrected chi connectivity index (χ2v) is 15.0. The van der Waals surface area contributed by atoms with Gasteiger partial charge in [-0.05, 0) is 42.7 Å². The van der Waals surface area contributed by atoms with Gasteiger partial charge in [0.1, 0.15) is 29.0 Å². The molecule has 7 rings (SSSR count). The van der Waals surface area contributed by atoms with E-state index in [0.717, 1.165) is 43.0 Å². The van der Waals surface area contributed by atoms with Gasteiger partial charge in [-0.1, -0.05) is 58.4 Å². The predicted molar refractivity (Wildman–Crippen MR) is 193 cm³/mol. The minimum Gasteiger partial charge on any atom is -0.480 e. The molecule has 3 aliphatic rings. The lowest BCUT2D eigenvalue weighted by Crippen LogP contribution is -2.49. The van der Waals surface area contributed by atoms with Crippen LogP contribution in [0.4, 0.5) is 10.6 Å². The Morgan fingerprint density at radius 1 is 1.08 bits per heavy atom. The van der Waals surface area contributed by atoms with Gasteiger partial charge in [-0.3, -0.25) is 24.2 Å². The van der Waals surface area contributed by atoms with Crippen LogP contribution in [0.1, 0.15) is 86.3 Å². The summed E-state index contributed by atoms with van der Waals surface area (Å²) in [6.45, 7) is 12.1. The molecule has 0 radical (unpaired) electrons. The van der Waals surface area contributed by atoms with Crippen molar-refractivity contribution in [3.8, 4) is 5.75 Å². The summed E-state index contributed by atoms with van der Waals surface area (Å²) in [5.74, 6) is 1.16. The highest BCUT2D eigenvalue weighted by atomic mass is 16.5. The number of anilines is 1. The maximum atomic E-state index is 13.6. The highest BCUT2D eigenvalue weighted by molar-refractivity contribution is 5.94. The molecule has 272 valence electrons. The molecule has 2 aliphatic carbocycles. The average molecular weight is 708 g/mol. The third-order valence-corrected chi connectivity index (χ3v) is 10.1. The summed E-state index contributed by atoms with van der Waals surface area (Å²) in [5.41, 5.74) is 0.660. The first-order valence-electron chi connectivity index (χ1n) is 17.8. The molecule has 1 aromatic carbocycles. The molecule has 52 heavy (non-hydrogen) atoms. The van der Waals surface area contributed by atoms with Crippen LogP contribution in [0.5, 0.6) is 5.75 Å². The third-order valence-electron chi connectivity index (χ3n) is 10.1. The number of pyridine rings is 1. The first-order valence-corrected chi connectivity index (χ1v) is 17.8. The van der Waals surface area contributed by atoms with Crippen molar-refractivity contribution in [3.63, 3.8) is 0 Å². The fourth-order valence-corrected chi connectivity index (χ4v) is 6.89. The number of nitrogens with zero attached hydrogens (tertiary/aromatic N) is 6. The zero-order valence-corrected chi connectivity index (χ0v) is 30.0. The van der Waals surface area contributed by atoms with Crippen molar-refractivity contribution in [1.29, 1.82) is 0 Å². The van der Waals surface area contributed by atoms with E-state index < -0.39 is 29.0 Å². The van der Waals surface area contributed by atoms with Crippen molar-refractivity contribution in [2.45, 2.75) is 69.4 Å². The van der Waals surface area contributed by atoms with Crippen LogP contribution in [0, 0.1) is 0 Å². The fourth-order valence-electron chi connectivity index (χ4n) is 6.89. The first kappa shape index (κ1) is 35.2. The lowest BCUT2D eigenvalue weighted by molar-refractivity contribution is -0.111. The van der Waals surface area contributed by atoms with Crippen molar-refractivity contribution < 1.29 is 23.9 Å². The lowest BCUT2D eigenvalue weighted by atomic mass is 9.70. The van der Waals surface area contributed by atoms with Gasteiger partial charge >= 0.3 is 6.03 Å². The third kappa shape index (κ3) is 7.13. The zero-order valence-electron chi connectivity index (χ0n) is 30.0. The van der Waals surface area contributed by atoms with E-state index in [1.165, 1.54) is 6.42 Å². The van der Waals surface area contributed by atoms with Crippen LogP contribution in [0.3, 0.4) is 0 Å². The number of carbonyl (C=O) groups is 3. The number of ether oxygens (including phenoxy) is 2. The second kappa shape index (κ2) is 14.1. The molecule has 0 unspecified atom stereocenters. The summed E-state index contributed by atoms with van der Waals surface area (Å²) in [6.07, 6.45) is 8.76. The number of hydrogen-bond acceptors (Lipinski definition) is 10. The molecule has 0 bridgehead atoms. The normalized spacial score (nSPS) is 21.1. The van der Waals surface area contributed by atoms with Crippen molar-refractivity contribution in [3.05, 3.63) is 89.3 Å². The second-order valence-electron chi connectivity index (χ2n) is 15.0. The Kier molecular flexibility index (Phi) is 9.53. The maximum Gasteiger partial charge on any atom is 0.321 e. The summed E-state index contributed by atoms with van der Waals surface area (Å²) in [5, 5.41) is 17.3. The number of urea groups is 1. The molecule has 3 N–H and O–H groups in total. The van der Waals surface area contributed by atoms with Crippen LogP contribution < -0.4 is 20.7 Å². The monoisotopic (exact) mass is 707 g/mol. The smallest absolute Gasteiger partial charge is 0.321 e. The minimum absolute atomic E-state index is 0.0115. The Morgan fingerprint density at radius 2 is 1.87 bits per heavy atom. The van der Waals surface area contributed by atoms with Crippen LogP contribution in [0.25, 0.3) is 5.65 Å². The van der Waals surface area contributed by atoms with E-state index in [9.17, 15) is 14.4 Å². The van der Waals surface area contributed by atoms with Crippen molar-refractivity contribution >= 4 is 29.7 Å². The number of aromatic nitrogens is 5. The van der Waals surface area contributed by atoms with E-state index >= 15 is 0 Å². The highest BCUT2D eigenvalue weighted by Gasteiger charge is 2.40. The quantitative estimate of drug-likeness (QED) is 0.161. The Labute approximate surface area is 302 Å². The van der Waals surface area contributed by atoms with Crippen LogP contribution in [0.15, 0.2) is 60.8 Å². The van der Waals surface area contributed by atoms with Crippen LogP contribution in [-0.4, -0.2) is 87.1 Å². The highest BCUT2D eigenvalue weighted by Crippen LogP contribution is 2.43. The summed E-state index contributed by atoms with van der Waals surface area (Å²) in [7, 11) is 0. The lowest BCUT2D eigenvalue weighted by Gasteiger charge is -2.36. The summed E-state index contributed by atoms with van der Waals surface area (Å²) < 4.78 is 13.9. The molecule has 2 fully saturated rings. The predicted octanol–water partition coefficient (Wildman–Crippen LogP) is 4.23. The topological polar surface area (TPSA) is 165 Å². The Bertz CT molecular complexity index is 2010. The molecule has 1 aliphatic heterocycles. The Hall–Kier alpha value is -5.21. The molecule has 0 spiro atoms. The Balaban J connectivity index is 1.08. The van der Waals surface area contributed by atoms with Crippen LogP contribution in [0.2, 0.25) is 0 Å². The SMILES string of the molecule is CC(C)(C)c1cc(NC(=O)N[C@@]2(C=O)C=C[C@@H](Oc3ccc4nnc(C5(C)CCC5)n4c3)c3ccccc32)nc(C(=O)NCCN2CCOCC2)n1. The molecule has 3 aromatic heterocycles. The molecule has 2 atom stereocenters. The van der Waals surface area contributed by atoms with Gasteiger partial charge in [0.15, 0.2) is 11.9 Å². The van der Waals surface area contributed by atoms with Gasteiger partial charge in [0, 0.05) is 48.6 Å². The van der Waals surface area contributed by atoms with Crippen LogP contribution in [-0.2, 0) is 25.9 Å². The average Bonchev–Trinajstić information content (AvgIpc) is 3.55. The van der Waals surface area contributed by atoms with Gasteiger partial charge in [0.25, 0.3) is 5.91 Å². The number of carbonyl (C=O) groups excluding carboxylic acids is 3. The number of aldehydes is 1. The molecule has 3 amide bonds. The van der Waals surface area contributed by atoms with E-state index in [1.807, 2.05) is 61.7 Å². The summed E-state index contributed by atoms with van der Waals surface area (Å²) in [4.78, 5) is 50.8. The number of fused-ring (bicyclic) bond motifs is 2. The molecular weight excluding hydrogens is 662 g/mol. The zero-order chi connectivity index (χ0) is 36.5. The number of rotatable bonds is 10. The van der Waals surface area contributed by atoms with Crippen molar-refractivity contribution in [1.82, 2.24) is 40.1 Å². The molecule has 1 saturated carbocycles. The van der Waals surface area contributed by atoms with E-state index in [1.54, 1.807) is 24.3 Å². The van der Waals surface area contributed by atoms with Gasteiger partial charge in [-0.15, -0.1) is 10.2 Å². The van der Waals surface area contributed by atoms with Gasteiger partial charge in [0.2, 0.25) is 5.82 Å². The maximum absolute atomic E-state index is 13.6. The number of benzene rings is 1. The van der Waals surface area contributed by atoms with Gasteiger partial charge in [-0.2, -0.15) is 0 Å². The fraction of sp³-hybridized carbons (Fsp3) is 0.447. The van der Waals surface area contributed by atoms with Crippen LogP contribution >= 0.6 is 0 Å². The molecule has 4 aromatic rings. The molecule has 14 nitrogen and oxygen atoms in total. The minimum atomic E-state index is -1.50.